The highest BCUT2D eigenvalue weighted by molar-refractivity contribution is 5.67. The van der Waals surface area contributed by atoms with E-state index in [9.17, 15) is 9.90 Å². The van der Waals surface area contributed by atoms with Gasteiger partial charge in [0.2, 0.25) is 0 Å². The van der Waals surface area contributed by atoms with Gasteiger partial charge in [0.05, 0.1) is 5.60 Å². The average Bonchev–Trinajstić information content (AvgIpc) is 2.61. The van der Waals surface area contributed by atoms with Crippen LogP contribution in [0.5, 0.6) is 0 Å². The summed E-state index contributed by atoms with van der Waals surface area (Å²) in [6.07, 6.45) is 2.81. The molecular formula is C18H25NO4. The first-order chi connectivity index (χ1) is 11.2. The quantitative estimate of drug-likeness (QED) is 0.930. The smallest absolute Gasteiger partial charge is 0.410 e. The first-order valence-corrected chi connectivity index (χ1v) is 8.43. The molecule has 5 nitrogen and oxygen atoms in total. The number of benzene rings is 1. The van der Waals surface area contributed by atoms with Crippen LogP contribution >= 0.6 is 0 Å². The van der Waals surface area contributed by atoms with E-state index >= 15 is 0 Å². The zero-order chi connectivity index (χ0) is 16.1. The van der Waals surface area contributed by atoms with Gasteiger partial charge in [-0.2, -0.15) is 0 Å². The minimum absolute atomic E-state index is 0.254. The molecule has 23 heavy (non-hydrogen) atoms. The minimum Gasteiger partial charge on any atom is -0.445 e. The molecule has 1 N–H and O–H groups in total. The van der Waals surface area contributed by atoms with Gasteiger partial charge in [-0.3, -0.25) is 0 Å². The van der Waals surface area contributed by atoms with Crippen LogP contribution in [0.25, 0.3) is 0 Å². The second kappa shape index (κ2) is 7.32. The van der Waals surface area contributed by atoms with Crippen LogP contribution in [0.4, 0.5) is 4.79 Å². The normalized spacial score (nSPS) is 21.9. The van der Waals surface area contributed by atoms with E-state index < -0.39 is 5.60 Å². The lowest BCUT2D eigenvalue weighted by atomic mass is 9.76. The van der Waals surface area contributed by atoms with Crippen LogP contribution in [0.1, 0.15) is 31.2 Å². The van der Waals surface area contributed by atoms with Crippen LogP contribution in [0, 0.1) is 5.92 Å². The summed E-state index contributed by atoms with van der Waals surface area (Å²) in [4.78, 5) is 13.9. The molecule has 0 aliphatic carbocycles. The third-order valence-electron chi connectivity index (χ3n) is 5.08. The van der Waals surface area contributed by atoms with E-state index in [1.165, 1.54) is 0 Å². The van der Waals surface area contributed by atoms with Crippen molar-refractivity contribution in [1.82, 2.24) is 4.90 Å². The molecule has 0 saturated carbocycles. The third kappa shape index (κ3) is 4.03. The van der Waals surface area contributed by atoms with Crippen LogP contribution < -0.4 is 0 Å². The summed E-state index contributed by atoms with van der Waals surface area (Å²) >= 11 is 0. The molecule has 0 bridgehead atoms. The maximum absolute atomic E-state index is 12.2. The van der Waals surface area contributed by atoms with Crippen molar-refractivity contribution in [1.29, 1.82) is 0 Å². The van der Waals surface area contributed by atoms with E-state index in [0.29, 0.717) is 45.8 Å². The molecule has 2 aliphatic rings. The Kier molecular flexibility index (Phi) is 5.18. The number of ether oxygens (including phenoxy) is 2. The summed E-state index contributed by atoms with van der Waals surface area (Å²) in [5, 5.41) is 10.8. The zero-order valence-electron chi connectivity index (χ0n) is 13.4. The topological polar surface area (TPSA) is 59.0 Å². The van der Waals surface area contributed by atoms with Crippen molar-refractivity contribution in [2.45, 2.75) is 37.9 Å². The number of nitrogens with zero attached hydrogens (tertiary/aromatic N) is 1. The molecule has 2 saturated heterocycles. The molecule has 2 fully saturated rings. The Morgan fingerprint density at radius 1 is 1.22 bits per heavy atom. The fourth-order valence-corrected chi connectivity index (χ4v) is 3.54. The highest BCUT2D eigenvalue weighted by Gasteiger charge is 2.40. The van der Waals surface area contributed by atoms with E-state index in [1.54, 1.807) is 4.90 Å². The van der Waals surface area contributed by atoms with Gasteiger partial charge in [-0.05, 0) is 37.2 Å². The summed E-state index contributed by atoms with van der Waals surface area (Å²) in [5.74, 6) is 0.254. The maximum atomic E-state index is 12.2. The molecule has 2 heterocycles. The molecule has 0 unspecified atom stereocenters. The lowest BCUT2D eigenvalue weighted by molar-refractivity contribution is -0.111. The number of likely N-dealkylation sites (tertiary alicyclic amines) is 1. The monoisotopic (exact) mass is 319 g/mol. The molecule has 1 aromatic carbocycles. The van der Waals surface area contributed by atoms with E-state index in [0.717, 1.165) is 18.4 Å². The number of hydrogen-bond acceptors (Lipinski definition) is 4. The van der Waals surface area contributed by atoms with Crippen LogP contribution in [0.15, 0.2) is 30.3 Å². The highest BCUT2D eigenvalue weighted by atomic mass is 16.6. The second-order valence-corrected chi connectivity index (χ2v) is 6.52. The summed E-state index contributed by atoms with van der Waals surface area (Å²) in [6.45, 7) is 2.88. The molecule has 5 heteroatoms. The Labute approximate surface area is 137 Å². The van der Waals surface area contributed by atoms with Crippen LogP contribution in [0.3, 0.4) is 0 Å². The number of aliphatic hydroxyl groups is 1. The molecular weight excluding hydrogens is 294 g/mol. The van der Waals surface area contributed by atoms with Crippen molar-refractivity contribution in [2.75, 3.05) is 26.3 Å². The van der Waals surface area contributed by atoms with E-state index in [2.05, 4.69) is 0 Å². The lowest BCUT2D eigenvalue weighted by Gasteiger charge is -2.43. The predicted octanol–water partition coefficient (Wildman–Crippen LogP) is 2.58. The summed E-state index contributed by atoms with van der Waals surface area (Å²) in [6, 6.07) is 9.70. The molecule has 1 amide bonds. The van der Waals surface area contributed by atoms with Crippen molar-refractivity contribution in [3.63, 3.8) is 0 Å². The van der Waals surface area contributed by atoms with Crippen molar-refractivity contribution < 1.29 is 19.4 Å². The summed E-state index contributed by atoms with van der Waals surface area (Å²) < 4.78 is 10.7. The van der Waals surface area contributed by atoms with Gasteiger partial charge >= 0.3 is 6.09 Å². The number of carbonyl (C=O) groups is 1. The Hall–Kier alpha value is -1.59. The fraction of sp³-hybridized carbons (Fsp3) is 0.611. The van der Waals surface area contributed by atoms with Crippen LogP contribution in [0.2, 0.25) is 0 Å². The van der Waals surface area contributed by atoms with E-state index in [4.69, 9.17) is 9.47 Å². The standard InChI is InChI=1S/C18H25NO4/c20-17(23-14-15-4-2-1-3-5-15)19-10-6-16(7-11-19)18(21)8-12-22-13-9-18/h1-5,16,21H,6-14H2. The molecule has 3 rings (SSSR count). The Morgan fingerprint density at radius 2 is 1.87 bits per heavy atom. The predicted molar refractivity (Wildman–Crippen MR) is 85.9 cm³/mol. The van der Waals surface area contributed by atoms with Gasteiger partial charge in [0, 0.05) is 26.3 Å². The van der Waals surface area contributed by atoms with Gasteiger partial charge in [0.15, 0.2) is 0 Å². The summed E-state index contributed by atoms with van der Waals surface area (Å²) in [5.41, 5.74) is 0.380. The highest BCUT2D eigenvalue weighted by Crippen LogP contribution is 2.35. The number of hydrogen-bond donors (Lipinski definition) is 1. The molecule has 2 aliphatic heterocycles. The molecule has 0 spiro atoms. The van der Waals surface area contributed by atoms with Gasteiger partial charge in [-0.15, -0.1) is 0 Å². The molecule has 0 radical (unpaired) electrons. The Morgan fingerprint density at radius 3 is 2.52 bits per heavy atom. The Bertz CT molecular complexity index is 505. The molecule has 0 aromatic heterocycles. The van der Waals surface area contributed by atoms with Gasteiger partial charge in [0.1, 0.15) is 6.61 Å². The van der Waals surface area contributed by atoms with Crippen molar-refractivity contribution >= 4 is 6.09 Å². The molecule has 126 valence electrons. The molecule has 1 aromatic rings. The van der Waals surface area contributed by atoms with E-state index in [1.807, 2.05) is 30.3 Å². The fourth-order valence-electron chi connectivity index (χ4n) is 3.54. The van der Waals surface area contributed by atoms with Gasteiger partial charge < -0.3 is 19.5 Å². The van der Waals surface area contributed by atoms with Crippen molar-refractivity contribution in [2.24, 2.45) is 5.92 Å². The molecule has 0 atom stereocenters. The Balaban J connectivity index is 1.45. The van der Waals surface area contributed by atoms with Crippen LogP contribution in [-0.2, 0) is 16.1 Å². The minimum atomic E-state index is -0.613. The van der Waals surface area contributed by atoms with Crippen molar-refractivity contribution in [3.8, 4) is 0 Å². The van der Waals surface area contributed by atoms with Crippen molar-refractivity contribution in [3.05, 3.63) is 35.9 Å². The first-order valence-electron chi connectivity index (χ1n) is 8.43. The maximum Gasteiger partial charge on any atom is 0.410 e. The van der Waals surface area contributed by atoms with E-state index in [-0.39, 0.29) is 12.0 Å². The summed E-state index contributed by atoms with van der Waals surface area (Å²) in [7, 11) is 0. The average molecular weight is 319 g/mol. The third-order valence-corrected chi connectivity index (χ3v) is 5.08. The first kappa shape index (κ1) is 16.3. The number of rotatable bonds is 3. The van der Waals surface area contributed by atoms with Gasteiger partial charge in [-0.25, -0.2) is 4.79 Å². The van der Waals surface area contributed by atoms with Gasteiger partial charge in [-0.1, -0.05) is 30.3 Å². The largest absolute Gasteiger partial charge is 0.445 e. The zero-order valence-corrected chi connectivity index (χ0v) is 13.4. The number of piperidine rings is 1. The van der Waals surface area contributed by atoms with Gasteiger partial charge in [0.25, 0.3) is 0 Å². The SMILES string of the molecule is O=C(OCc1ccccc1)N1CCC(C2(O)CCOCC2)CC1. The second-order valence-electron chi connectivity index (χ2n) is 6.52. The number of amides is 1. The van der Waals surface area contributed by atoms with Crippen LogP contribution in [-0.4, -0.2) is 48.0 Å². The lowest BCUT2D eigenvalue weighted by Crippen LogP contribution is -2.49. The number of carbonyl (C=O) groups excluding carboxylic acids is 1.